The number of rotatable bonds is 6. The quantitative estimate of drug-likeness (QED) is 0.630. The van der Waals surface area contributed by atoms with E-state index in [-0.39, 0.29) is 5.91 Å². The Balaban J connectivity index is 1.26. The van der Waals surface area contributed by atoms with E-state index >= 15 is 0 Å². The van der Waals surface area contributed by atoms with Gasteiger partial charge in [0.2, 0.25) is 5.91 Å². The highest BCUT2D eigenvalue weighted by atomic mass is 35.5. The number of fused-ring (bicyclic) bond motifs is 1. The van der Waals surface area contributed by atoms with Crippen LogP contribution in [-0.4, -0.2) is 68.0 Å². The monoisotopic (exact) mass is 448 g/mol. The maximum Gasteiger partial charge on any atom is 0.233 e. The molecular formula is C22H25ClN2O4S. The van der Waals surface area contributed by atoms with Gasteiger partial charge in [0, 0.05) is 48.2 Å². The second-order valence-electron chi connectivity index (χ2n) is 7.21. The van der Waals surface area contributed by atoms with Gasteiger partial charge in [-0.25, -0.2) is 0 Å². The van der Waals surface area contributed by atoms with Gasteiger partial charge in [-0.3, -0.25) is 9.69 Å². The first-order chi connectivity index (χ1) is 14.6. The molecule has 4 rings (SSSR count). The molecule has 0 spiro atoms. The number of nitrogens with zero attached hydrogens (tertiary/aromatic N) is 2. The number of carbonyl (C=O) groups excluding carboxylic acids is 1. The molecule has 0 saturated carbocycles. The van der Waals surface area contributed by atoms with Gasteiger partial charge in [0.05, 0.1) is 12.9 Å². The average Bonchev–Trinajstić information content (AvgIpc) is 2.78. The average molecular weight is 449 g/mol. The Kier molecular flexibility index (Phi) is 6.92. The summed E-state index contributed by atoms with van der Waals surface area (Å²) in [5.41, 5.74) is 1.07. The molecule has 0 aromatic heterocycles. The lowest BCUT2D eigenvalue weighted by atomic mass is 10.1. The van der Waals surface area contributed by atoms with Crippen LogP contribution >= 0.6 is 23.4 Å². The number of hydrogen-bond donors (Lipinski definition) is 0. The summed E-state index contributed by atoms with van der Waals surface area (Å²) in [4.78, 5) is 17.9. The third kappa shape index (κ3) is 5.14. The van der Waals surface area contributed by atoms with Crippen LogP contribution < -0.4 is 14.2 Å². The Morgan fingerprint density at radius 1 is 1.07 bits per heavy atom. The molecule has 8 heteroatoms. The van der Waals surface area contributed by atoms with E-state index in [9.17, 15) is 4.79 Å². The highest BCUT2D eigenvalue weighted by Crippen LogP contribution is 2.34. The first kappa shape index (κ1) is 21.2. The van der Waals surface area contributed by atoms with Crippen molar-refractivity contribution in [2.24, 2.45) is 0 Å². The highest BCUT2D eigenvalue weighted by molar-refractivity contribution is 8.00. The number of thioether (sulfide) groups is 1. The molecule has 2 aliphatic heterocycles. The number of halogens is 1. The predicted molar refractivity (Wildman–Crippen MR) is 118 cm³/mol. The lowest BCUT2D eigenvalue weighted by Gasteiger charge is -2.35. The minimum Gasteiger partial charge on any atom is -0.496 e. The van der Waals surface area contributed by atoms with E-state index in [2.05, 4.69) is 4.90 Å². The van der Waals surface area contributed by atoms with Crippen LogP contribution in [0.25, 0.3) is 0 Å². The minimum atomic E-state index is 0.162. The van der Waals surface area contributed by atoms with E-state index in [1.807, 2.05) is 41.3 Å². The maximum atomic E-state index is 12.7. The summed E-state index contributed by atoms with van der Waals surface area (Å²) in [6, 6.07) is 11.5. The van der Waals surface area contributed by atoms with Crippen molar-refractivity contribution >= 4 is 29.3 Å². The largest absolute Gasteiger partial charge is 0.496 e. The zero-order valence-electron chi connectivity index (χ0n) is 16.9. The summed E-state index contributed by atoms with van der Waals surface area (Å²) in [6.07, 6.45) is 0. The number of hydrogen-bond acceptors (Lipinski definition) is 6. The molecule has 6 nitrogen and oxygen atoms in total. The fourth-order valence-electron chi connectivity index (χ4n) is 3.62. The highest BCUT2D eigenvalue weighted by Gasteiger charge is 2.22. The molecule has 2 aromatic rings. The Morgan fingerprint density at radius 2 is 1.83 bits per heavy atom. The van der Waals surface area contributed by atoms with Crippen molar-refractivity contribution in [1.82, 2.24) is 9.80 Å². The zero-order chi connectivity index (χ0) is 20.9. The van der Waals surface area contributed by atoms with Gasteiger partial charge in [-0.2, -0.15) is 0 Å². The van der Waals surface area contributed by atoms with Crippen molar-refractivity contribution in [3.05, 3.63) is 47.0 Å². The van der Waals surface area contributed by atoms with Crippen molar-refractivity contribution in [3.8, 4) is 17.2 Å². The number of benzene rings is 2. The zero-order valence-corrected chi connectivity index (χ0v) is 18.5. The van der Waals surface area contributed by atoms with Crippen molar-refractivity contribution in [2.45, 2.75) is 11.4 Å². The SMILES string of the molecule is COc1ccc(Cl)cc1CN1CCN(C(=O)CSc2ccc3c(c2)OCCO3)CC1. The molecule has 160 valence electrons. The van der Waals surface area contributed by atoms with Crippen LogP contribution in [-0.2, 0) is 11.3 Å². The molecule has 2 aromatic carbocycles. The molecule has 2 heterocycles. The van der Waals surface area contributed by atoms with Gasteiger partial charge in [-0.1, -0.05) is 11.6 Å². The molecule has 0 aliphatic carbocycles. The summed E-state index contributed by atoms with van der Waals surface area (Å²) >= 11 is 7.67. The van der Waals surface area contributed by atoms with Crippen LogP contribution in [0.5, 0.6) is 17.2 Å². The molecular weight excluding hydrogens is 424 g/mol. The predicted octanol–water partition coefficient (Wildman–Crippen LogP) is 3.56. The van der Waals surface area contributed by atoms with Gasteiger partial charge in [-0.15, -0.1) is 11.8 Å². The number of piperazine rings is 1. The third-order valence-corrected chi connectivity index (χ3v) is 6.45. The molecule has 1 saturated heterocycles. The smallest absolute Gasteiger partial charge is 0.233 e. The van der Waals surface area contributed by atoms with Crippen molar-refractivity contribution in [1.29, 1.82) is 0 Å². The lowest BCUT2D eigenvalue weighted by molar-refractivity contribution is -0.130. The van der Waals surface area contributed by atoms with E-state index in [4.69, 9.17) is 25.8 Å². The molecule has 2 aliphatic rings. The fourth-order valence-corrected chi connectivity index (χ4v) is 4.64. The van der Waals surface area contributed by atoms with Crippen LogP contribution in [0.15, 0.2) is 41.3 Å². The molecule has 30 heavy (non-hydrogen) atoms. The standard InChI is InChI=1S/C22H25ClN2O4S/c1-27-19-4-2-17(23)12-16(19)14-24-6-8-25(9-7-24)22(26)15-30-18-3-5-20-21(13-18)29-11-10-28-20/h2-5,12-13H,6-11,14-15H2,1H3. The summed E-state index contributed by atoms with van der Waals surface area (Å²) in [6.45, 7) is 5.01. The number of methoxy groups -OCH3 is 1. The van der Waals surface area contributed by atoms with Gasteiger partial charge < -0.3 is 19.1 Å². The number of ether oxygens (including phenoxy) is 3. The van der Waals surface area contributed by atoms with Crippen LogP contribution in [0.1, 0.15) is 5.56 Å². The summed E-state index contributed by atoms with van der Waals surface area (Å²) in [7, 11) is 1.67. The molecule has 0 bridgehead atoms. The number of amides is 1. The first-order valence-electron chi connectivity index (χ1n) is 9.97. The summed E-state index contributed by atoms with van der Waals surface area (Å²) in [5, 5.41) is 0.704. The van der Waals surface area contributed by atoms with Gasteiger partial charge in [0.15, 0.2) is 11.5 Å². The molecule has 0 unspecified atom stereocenters. The van der Waals surface area contributed by atoms with Crippen molar-refractivity contribution in [3.63, 3.8) is 0 Å². The first-order valence-corrected chi connectivity index (χ1v) is 11.3. The Bertz CT molecular complexity index is 903. The van der Waals surface area contributed by atoms with E-state index in [0.29, 0.717) is 24.0 Å². The molecule has 1 fully saturated rings. The van der Waals surface area contributed by atoms with Gasteiger partial charge >= 0.3 is 0 Å². The van der Waals surface area contributed by atoms with Crippen molar-refractivity contribution < 1.29 is 19.0 Å². The van der Waals surface area contributed by atoms with Crippen molar-refractivity contribution in [2.75, 3.05) is 52.3 Å². The molecule has 1 amide bonds. The maximum absolute atomic E-state index is 12.7. The van der Waals surface area contributed by atoms with E-state index in [1.54, 1.807) is 7.11 Å². The normalized spacial score (nSPS) is 16.4. The summed E-state index contributed by atoms with van der Waals surface area (Å²) in [5.74, 6) is 2.94. The summed E-state index contributed by atoms with van der Waals surface area (Å²) < 4.78 is 16.6. The van der Waals surface area contributed by atoms with E-state index < -0.39 is 0 Å². The van der Waals surface area contributed by atoms with E-state index in [1.165, 1.54) is 11.8 Å². The van der Waals surface area contributed by atoms with Crippen LogP contribution in [0, 0.1) is 0 Å². The van der Waals surface area contributed by atoms with Crippen LogP contribution in [0.2, 0.25) is 5.02 Å². The second kappa shape index (κ2) is 9.81. The number of carbonyl (C=O) groups is 1. The van der Waals surface area contributed by atoms with Crippen LogP contribution in [0.4, 0.5) is 0 Å². The topological polar surface area (TPSA) is 51.2 Å². The molecule has 0 N–H and O–H groups in total. The van der Waals surface area contributed by atoms with Gasteiger partial charge in [-0.05, 0) is 36.4 Å². The Morgan fingerprint density at radius 3 is 2.60 bits per heavy atom. The Hall–Kier alpha value is -2.09. The molecule has 0 atom stereocenters. The third-order valence-electron chi connectivity index (χ3n) is 5.24. The van der Waals surface area contributed by atoms with Crippen LogP contribution in [0.3, 0.4) is 0 Å². The van der Waals surface area contributed by atoms with E-state index in [0.717, 1.165) is 60.4 Å². The lowest BCUT2D eigenvalue weighted by Crippen LogP contribution is -2.48. The minimum absolute atomic E-state index is 0.162. The van der Waals surface area contributed by atoms with Gasteiger partial charge in [0.1, 0.15) is 19.0 Å². The van der Waals surface area contributed by atoms with Gasteiger partial charge in [0.25, 0.3) is 0 Å². The molecule has 0 radical (unpaired) electrons. The Labute approximate surface area is 186 Å². The second-order valence-corrected chi connectivity index (χ2v) is 8.69. The fraction of sp³-hybridized carbons (Fsp3) is 0.409.